The fourth-order valence-electron chi connectivity index (χ4n) is 3.06. The quantitative estimate of drug-likeness (QED) is 0.312. The number of halogens is 7. The molecule has 3 aromatic carbocycles. The number of fused-ring (bicyclic) bond motifs is 1. The summed E-state index contributed by atoms with van der Waals surface area (Å²) in [7, 11) is 0. The summed E-state index contributed by atoms with van der Waals surface area (Å²) in [6.45, 7) is 1.58. The average molecular weight is 440 g/mol. The highest BCUT2D eigenvalue weighted by molar-refractivity contribution is 5.85. The van der Waals surface area contributed by atoms with Gasteiger partial charge in [0, 0.05) is 11.3 Å². The Bertz CT molecular complexity index is 1160. The first-order valence-corrected chi connectivity index (χ1v) is 9.20. The molecule has 0 saturated heterocycles. The minimum atomic E-state index is -4.89. The van der Waals surface area contributed by atoms with E-state index < -0.39 is 40.8 Å². The van der Waals surface area contributed by atoms with Crippen LogP contribution in [0.5, 0.6) is 5.75 Å². The van der Waals surface area contributed by atoms with E-state index in [4.69, 9.17) is 4.74 Å². The maximum absolute atomic E-state index is 14.5. The van der Waals surface area contributed by atoms with Crippen molar-refractivity contribution in [2.75, 3.05) is 0 Å². The summed E-state index contributed by atoms with van der Waals surface area (Å²) in [5.74, 6) is -2.50. The summed E-state index contributed by atoms with van der Waals surface area (Å²) in [6.07, 6.45) is -3.67. The molecule has 0 atom stereocenters. The zero-order chi connectivity index (χ0) is 22.8. The lowest BCUT2D eigenvalue weighted by atomic mass is 10.0. The molecule has 3 rings (SSSR count). The molecule has 0 saturated carbocycles. The molecule has 0 aliphatic heterocycles. The highest BCUT2D eigenvalue weighted by atomic mass is 19.4. The SMILES string of the molecule is CCCc1cc(F)c(OCc2ccc3c(F)c(C#CC(F)(F)F)c(F)cc3c2)c(F)c1. The minimum absolute atomic E-state index is 0.0351. The van der Waals surface area contributed by atoms with Crippen molar-refractivity contribution >= 4 is 10.8 Å². The summed E-state index contributed by atoms with van der Waals surface area (Å²) < 4.78 is 98.7. The Balaban J connectivity index is 1.88. The van der Waals surface area contributed by atoms with Gasteiger partial charge in [-0.1, -0.05) is 31.4 Å². The molecule has 0 aliphatic carbocycles. The van der Waals surface area contributed by atoms with E-state index in [2.05, 4.69) is 0 Å². The zero-order valence-corrected chi connectivity index (χ0v) is 16.1. The molecular weight excluding hydrogens is 425 g/mol. The van der Waals surface area contributed by atoms with Crippen molar-refractivity contribution in [2.45, 2.75) is 32.5 Å². The van der Waals surface area contributed by atoms with Crippen molar-refractivity contribution in [3.8, 4) is 17.6 Å². The topological polar surface area (TPSA) is 9.23 Å². The molecule has 0 unspecified atom stereocenters. The summed E-state index contributed by atoms with van der Waals surface area (Å²) >= 11 is 0. The smallest absolute Gasteiger partial charge is 0.458 e. The Morgan fingerprint density at radius 3 is 2.16 bits per heavy atom. The molecule has 0 N–H and O–H groups in total. The van der Waals surface area contributed by atoms with Crippen LogP contribution in [-0.2, 0) is 13.0 Å². The van der Waals surface area contributed by atoms with E-state index in [1.54, 1.807) is 0 Å². The second kappa shape index (κ2) is 8.88. The highest BCUT2D eigenvalue weighted by Gasteiger charge is 2.24. The summed E-state index contributed by atoms with van der Waals surface area (Å²) in [5, 5.41) is -0.120. The van der Waals surface area contributed by atoms with Crippen LogP contribution in [0.3, 0.4) is 0 Å². The Labute approximate surface area is 173 Å². The molecule has 162 valence electrons. The zero-order valence-electron chi connectivity index (χ0n) is 16.1. The average Bonchev–Trinajstić information content (AvgIpc) is 2.66. The van der Waals surface area contributed by atoms with E-state index in [1.807, 2.05) is 6.92 Å². The van der Waals surface area contributed by atoms with Gasteiger partial charge in [-0.05, 0) is 47.2 Å². The van der Waals surface area contributed by atoms with Crippen molar-refractivity contribution in [1.82, 2.24) is 0 Å². The Morgan fingerprint density at radius 2 is 1.55 bits per heavy atom. The predicted molar refractivity (Wildman–Crippen MR) is 101 cm³/mol. The van der Waals surface area contributed by atoms with E-state index in [0.29, 0.717) is 24.0 Å². The largest absolute Gasteiger partial charge is 0.483 e. The van der Waals surface area contributed by atoms with Crippen LogP contribution in [0, 0.1) is 35.1 Å². The third-order valence-corrected chi connectivity index (χ3v) is 4.40. The lowest BCUT2D eigenvalue weighted by Crippen LogP contribution is -2.03. The van der Waals surface area contributed by atoms with Gasteiger partial charge < -0.3 is 4.74 Å². The van der Waals surface area contributed by atoms with E-state index in [1.165, 1.54) is 36.3 Å². The summed E-state index contributed by atoms with van der Waals surface area (Å²) in [6, 6.07) is 7.06. The Hall–Kier alpha value is -3.21. The monoisotopic (exact) mass is 440 g/mol. The summed E-state index contributed by atoms with van der Waals surface area (Å²) in [4.78, 5) is 0. The lowest BCUT2D eigenvalue weighted by Gasteiger charge is -2.11. The van der Waals surface area contributed by atoms with Gasteiger partial charge in [-0.15, -0.1) is 0 Å². The second-order valence-corrected chi connectivity index (χ2v) is 6.78. The van der Waals surface area contributed by atoms with Crippen LogP contribution in [0.25, 0.3) is 10.8 Å². The molecule has 0 heterocycles. The number of benzene rings is 3. The van der Waals surface area contributed by atoms with Crippen molar-refractivity contribution in [2.24, 2.45) is 0 Å². The van der Waals surface area contributed by atoms with Crippen molar-refractivity contribution in [3.05, 3.63) is 76.4 Å². The number of rotatable bonds is 5. The van der Waals surface area contributed by atoms with Crippen LogP contribution in [0.1, 0.15) is 30.0 Å². The maximum Gasteiger partial charge on any atom is 0.458 e. The van der Waals surface area contributed by atoms with Gasteiger partial charge in [0.15, 0.2) is 17.4 Å². The Kier molecular flexibility index (Phi) is 6.44. The van der Waals surface area contributed by atoms with Crippen LogP contribution >= 0.6 is 0 Å². The second-order valence-electron chi connectivity index (χ2n) is 6.78. The van der Waals surface area contributed by atoms with Crippen LogP contribution < -0.4 is 4.74 Å². The highest BCUT2D eigenvalue weighted by Crippen LogP contribution is 2.28. The number of ether oxygens (including phenoxy) is 1. The molecule has 0 spiro atoms. The molecule has 0 fully saturated rings. The number of hydrogen-bond donors (Lipinski definition) is 0. The first kappa shape index (κ1) is 22.5. The number of alkyl halides is 3. The van der Waals surface area contributed by atoms with E-state index >= 15 is 0 Å². The Morgan fingerprint density at radius 1 is 0.871 bits per heavy atom. The molecular formula is C23H15F7O. The standard InChI is InChI=1S/C23H15F7O/c1-2-3-13-9-19(25)22(20(26)10-13)31-12-14-4-5-16-15(8-14)11-18(24)17(21(16)27)6-7-23(28,29)30/h4-5,8-11H,2-3,12H2,1H3. The lowest BCUT2D eigenvalue weighted by molar-refractivity contribution is -0.0696. The van der Waals surface area contributed by atoms with Gasteiger partial charge in [-0.25, -0.2) is 17.6 Å². The molecule has 0 bridgehead atoms. The summed E-state index contributed by atoms with van der Waals surface area (Å²) in [5.41, 5.74) is -0.159. The van der Waals surface area contributed by atoms with Gasteiger partial charge in [0.05, 0.1) is 5.56 Å². The molecule has 0 aromatic heterocycles. The molecule has 0 radical (unpaired) electrons. The third-order valence-electron chi connectivity index (χ3n) is 4.40. The molecule has 31 heavy (non-hydrogen) atoms. The molecule has 1 nitrogen and oxygen atoms in total. The van der Waals surface area contributed by atoms with Gasteiger partial charge in [0.1, 0.15) is 18.2 Å². The molecule has 0 aliphatic rings. The van der Waals surface area contributed by atoms with Crippen LogP contribution in [0.2, 0.25) is 0 Å². The van der Waals surface area contributed by atoms with Crippen molar-refractivity contribution in [1.29, 1.82) is 0 Å². The van der Waals surface area contributed by atoms with E-state index in [-0.39, 0.29) is 17.4 Å². The van der Waals surface area contributed by atoms with E-state index in [9.17, 15) is 30.7 Å². The molecule has 3 aromatic rings. The normalized spacial score (nSPS) is 11.4. The van der Waals surface area contributed by atoms with Gasteiger partial charge in [-0.3, -0.25) is 0 Å². The maximum atomic E-state index is 14.5. The van der Waals surface area contributed by atoms with Crippen molar-refractivity contribution in [3.63, 3.8) is 0 Å². The fraction of sp³-hybridized carbons (Fsp3) is 0.217. The first-order valence-electron chi connectivity index (χ1n) is 9.20. The fourth-order valence-corrected chi connectivity index (χ4v) is 3.06. The van der Waals surface area contributed by atoms with Gasteiger partial charge >= 0.3 is 6.18 Å². The van der Waals surface area contributed by atoms with Crippen LogP contribution in [0.15, 0.2) is 36.4 Å². The number of aryl methyl sites for hydroxylation is 1. The van der Waals surface area contributed by atoms with Gasteiger partial charge in [0.25, 0.3) is 0 Å². The molecule has 8 heteroatoms. The predicted octanol–water partition coefficient (Wildman–Crippen LogP) is 6.84. The van der Waals surface area contributed by atoms with Crippen molar-refractivity contribution < 1.29 is 35.5 Å². The molecule has 0 amide bonds. The van der Waals surface area contributed by atoms with Crippen LogP contribution in [-0.4, -0.2) is 6.18 Å². The third kappa shape index (κ3) is 5.29. The number of hydrogen-bond acceptors (Lipinski definition) is 1. The van der Waals surface area contributed by atoms with Gasteiger partial charge in [0.2, 0.25) is 0 Å². The van der Waals surface area contributed by atoms with Crippen LogP contribution in [0.4, 0.5) is 30.7 Å². The minimum Gasteiger partial charge on any atom is -0.483 e. The van der Waals surface area contributed by atoms with Gasteiger partial charge in [-0.2, -0.15) is 13.2 Å². The first-order chi connectivity index (χ1) is 14.6. The van der Waals surface area contributed by atoms with E-state index in [0.717, 1.165) is 12.0 Å².